The molecule has 3 rings (SSSR count). The van der Waals surface area contributed by atoms with Gasteiger partial charge in [0.25, 0.3) is 0 Å². The third-order valence-corrected chi connectivity index (χ3v) is 6.73. The first-order valence-electron chi connectivity index (χ1n) is 11.0. The number of carbonyl (C=O) groups excluding carboxylic acids is 3. The summed E-state index contributed by atoms with van der Waals surface area (Å²) < 4.78 is 6.02. The van der Waals surface area contributed by atoms with E-state index in [1.54, 1.807) is 37.3 Å². The summed E-state index contributed by atoms with van der Waals surface area (Å²) in [6.07, 6.45) is 0.0495. The van der Waals surface area contributed by atoms with Crippen molar-refractivity contribution in [1.82, 2.24) is 0 Å². The number of hydrogen-bond donors (Lipinski definition) is 4. The van der Waals surface area contributed by atoms with Crippen molar-refractivity contribution < 1.29 is 34.4 Å². The van der Waals surface area contributed by atoms with Crippen LogP contribution in [0, 0.1) is 0 Å². The molecule has 0 fully saturated rings. The lowest BCUT2D eigenvalue weighted by Gasteiger charge is -2.16. The number of ketones is 1. The maximum atomic E-state index is 13.5. The largest absolute Gasteiger partial charge is 0.508 e. The van der Waals surface area contributed by atoms with E-state index in [2.05, 4.69) is 12.6 Å². The summed E-state index contributed by atoms with van der Waals surface area (Å²) in [5, 5.41) is 28.4. The highest BCUT2D eigenvalue weighted by Crippen LogP contribution is 2.33. The van der Waals surface area contributed by atoms with Crippen LogP contribution in [0.25, 0.3) is 0 Å². The Labute approximate surface area is 223 Å². The molecule has 3 aromatic carbocycles. The van der Waals surface area contributed by atoms with Crippen molar-refractivity contribution in [3.05, 3.63) is 111 Å². The molecule has 0 aliphatic heterocycles. The Bertz CT molecular complexity index is 1360. The van der Waals surface area contributed by atoms with Crippen LogP contribution >= 0.6 is 24.4 Å². The smallest absolute Gasteiger partial charge is 0.237 e. The molecule has 37 heavy (non-hydrogen) atoms. The quantitative estimate of drug-likeness (QED) is 0.0850. The Morgan fingerprint density at radius 1 is 0.973 bits per heavy atom. The number of phenols is 1. The van der Waals surface area contributed by atoms with E-state index in [1.165, 1.54) is 12.1 Å². The topological polar surface area (TPSA) is 121 Å². The third-order valence-electron chi connectivity index (χ3n) is 5.25. The average Bonchev–Trinajstić information content (AvgIpc) is 2.91. The maximum absolute atomic E-state index is 13.5. The number of aliphatic hydroxyl groups excluding tert-OH is 2. The number of thioether (sulfide) groups is 1. The van der Waals surface area contributed by atoms with Gasteiger partial charge in [-0.15, -0.1) is 12.6 Å². The van der Waals surface area contributed by atoms with Gasteiger partial charge in [-0.25, -0.2) is 0 Å². The molecule has 190 valence electrons. The summed E-state index contributed by atoms with van der Waals surface area (Å²) in [4.78, 5) is 37.0. The first-order valence-corrected chi connectivity index (χ1v) is 12.3. The molecule has 0 spiro atoms. The van der Waals surface area contributed by atoms with Gasteiger partial charge in [0.15, 0.2) is 6.29 Å². The third kappa shape index (κ3) is 7.28. The van der Waals surface area contributed by atoms with E-state index < -0.39 is 17.3 Å². The SMILES string of the molecule is C/C(Cc1cccc(OCc2ccccc2)c1C(=O)Sc1ccc(O)cc1)=C(/S)C(=O)/C(O)=C(/O)C=O. The Balaban J connectivity index is 1.98. The van der Waals surface area contributed by atoms with Crippen LogP contribution in [0.5, 0.6) is 11.5 Å². The summed E-state index contributed by atoms with van der Waals surface area (Å²) >= 11 is 5.13. The van der Waals surface area contributed by atoms with Crippen LogP contribution in [0.4, 0.5) is 0 Å². The molecule has 9 heteroatoms. The van der Waals surface area contributed by atoms with Gasteiger partial charge in [-0.2, -0.15) is 0 Å². The highest BCUT2D eigenvalue weighted by atomic mass is 32.2. The summed E-state index contributed by atoms with van der Waals surface area (Å²) in [6, 6.07) is 20.8. The molecule has 0 aliphatic carbocycles. The number of aliphatic hydroxyl groups is 2. The van der Waals surface area contributed by atoms with Crippen LogP contribution in [0.15, 0.2) is 99.7 Å². The Kier molecular flexibility index (Phi) is 9.59. The molecule has 3 aromatic rings. The van der Waals surface area contributed by atoms with E-state index in [9.17, 15) is 29.7 Å². The van der Waals surface area contributed by atoms with Gasteiger partial charge in [-0.3, -0.25) is 14.4 Å². The minimum Gasteiger partial charge on any atom is -0.508 e. The van der Waals surface area contributed by atoms with E-state index in [4.69, 9.17) is 4.74 Å². The zero-order valence-corrected chi connectivity index (χ0v) is 21.5. The zero-order valence-electron chi connectivity index (χ0n) is 19.7. The Morgan fingerprint density at radius 3 is 2.30 bits per heavy atom. The fraction of sp³-hybridized carbons (Fsp3) is 0.107. The molecule has 0 atom stereocenters. The predicted molar refractivity (Wildman–Crippen MR) is 144 cm³/mol. The lowest BCUT2D eigenvalue weighted by molar-refractivity contribution is -0.115. The number of benzene rings is 3. The van der Waals surface area contributed by atoms with Crippen molar-refractivity contribution in [2.24, 2.45) is 0 Å². The number of ether oxygens (including phenoxy) is 1. The number of carbonyl (C=O) groups is 3. The molecule has 0 aliphatic rings. The Hall–Kier alpha value is -3.95. The second-order valence-corrected chi connectivity index (χ2v) is 9.43. The van der Waals surface area contributed by atoms with Crippen LogP contribution in [0.2, 0.25) is 0 Å². The fourth-order valence-corrected chi connectivity index (χ4v) is 4.34. The minimum atomic E-state index is -1.11. The highest BCUT2D eigenvalue weighted by Gasteiger charge is 2.22. The molecule has 3 N–H and O–H groups in total. The summed E-state index contributed by atoms with van der Waals surface area (Å²) in [5.41, 5.74) is 2.14. The minimum absolute atomic E-state index is 0.0471. The number of aldehydes is 1. The van der Waals surface area contributed by atoms with Gasteiger partial charge >= 0.3 is 0 Å². The Morgan fingerprint density at radius 2 is 1.65 bits per heavy atom. The fourth-order valence-electron chi connectivity index (χ4n) is 3.33. The molecule has 0 aromatic heterocycles. The van der Waals surface area contributed by atoms with Gasteiger partial charge < -0.3 is 20.1 Å². The lowest BCUT2D eigenvalue weighted by atomic mass is 9.99. The number of Topliss-reactive ketones (excluding diaryl/α,β-unsaturated/α-hetero) is 1. The molecule has 0 saturated heterocycles. The van der Waals surface area contributed by atoms with Crippen molar-refractivity contribution in [3.63, 3.8) is 0 Å². The van der Waals surface area contributed by atoms with Crippen LogP contribution in [0.1, 0.15) is 28.4 Å². The molecule has 0 saturated carbocycles. The molecule has 0 bridgehead atoms. The van der Waals surface area contributed by atoms with Gasteiger partial charge in [0.1, 0.15) is 18.1 Å². The molecule has 0 amide bonds. The first-order chi connectivity index (χ1) is 17.7. The standard InChI is InChI=1S/C28H24O7S2/c1-17(27(36)26(33)25(32)22(31)15-29)14-19-8-5-9-23(35-16-18-6-3-2-4-7-18)24(19)28(34)37-21-12-10-20(30)11-13-21/h2-13,15,30-32,36H,14,16H2,1H3/b25-22-,27-17-. The first kappa shape index (κ1) is 27.6. The number of phenolic OH excluding ortho intramolecular Hbond substituents is 1. The summed E-state index contributed by atoms with van der Waals surface area (Å²) in [6.45, 7) is 1.81. The zero-order chi connectivity index (χ0) is 26.9. The van der Waals surface area contributed by atoms with Gasteiger partial charge in [0.05, 0.1) is 10.5 Å². The van der Waals surface area contributed by atoms with Gasteiger partial charge in [-0.1, -0.05) is 48.0 Å². The second kappa shape index (κ2) is 12.8. The van der Waals surface area contributed by atoms with E-state index in [1.807, 2.05) is 30.3 Å². The van der Waals surface area contributed by atoms with E-state index >= 15 is 0 Å². The number of allylic oxidation sites excluding steroid dienone is 3. The monoisotopic (exact) mass is 536 g/mol. The van der Waals surface area contributed by atoms with E-state index in [0.29, 0.717) is 27.3 Å². The summed E-state index contributed by atoms with van der Waals surface area (Å²) in [7, 11) is 0. The molecule has 0 unspecified atom stereocenters. The second-order valence-electron chi connectivity index (χ2n) is 7.93. The van der Waals surface area contributed by atoms with Crippen molar-refractivity contribution in [2.75, 3.05) is 0 Å². The van der Waals surface area contributed by atoms with Crippen molar-refractivity contribution in [2.45, 2.75) is 24.8 Å². The number of aromatic hydroxyl groups is 1. The van der Waals surface area contributed by atoms with Crippen LogP contribution in [0.3, 0.4) is 0 Å². The lowest BCUT2D eigenvalue weighted by Crippen LogP contribution is -2.10. The maximum Gasteiger partial charge on any atom is 0.237 e. The van der Waals surface area contributed by atoms with Crippen LogP contribution in [-0.2, 0) is 22.6 Å². The molecular weight excluding hydrogens is 512 g/mol. The van der Waals surface area contributed by atoms with E-state index in [0.717, 1.165) is 17.3 Å². The van der Waals surface area contributed by atoms with E-state index in [-0.39, 0.29) is 35.1 Å². The van der Waals surface area contributed by atoms with Gasteiger partial charge in [0.2, 0.25) is 22.4 Å². The van der Waals surface area contributed by atoms with Crippen molar-refractivity contribution in [1.29, 1.82) is 0 Å². The van der Waals surface area contributed by atoms with Gasteiger partial charge in [-0.05, 0) is 66.6 Å². The predicted octanol–water partition coefficient (Wildman–Crippen LogP) is 5.75. The van der Waals surface area contributed by atoms with Crippen molar-refractivity contribution >= 4 is 41.6 Å². The molecular formula is C28H24O7S2. The molecule has 0 radical (unpaired) electrons. The highest BCUT2D eigenvalue weighted by molar-refractivity contribution is 8.14. The van der Waals surface area contributed by atoms with Crippen LogP contribution < -0.4 is 4.74 Å². The molecule has 7 nitrogen and oxygen atoms in total. The number of rotatable bonds is 10. The molecule has 0 heterocycles. The number of thiol groups is 1. The number of hydrogen-bond acceptors (Lipinski definition) is 9. The summed E-state index contributed by atoms with van der Waals surface area (Å²) in [5.74, 6) is -2.80. The van der Waals surface area contributed by atoms with Crippen LogP contribution in [-0.4, -0.2) is 32.5 Å². The normalized spacial score (nSPS) is 12.3. The van der Waals surface area contributed by atoms with Crippen molar-refractivity contribution in [3.8, 4) is 11.5 Å². The van der Waals surface area contributed by atoms with Gasteiger partial charge in [0, 0.05) is 4.90 Å². The average molecular weight is 537 g/mol.